The van der Waals surface area contributed by atoms with E-state index in [1.54, 1.807) is 0 Å². The molecule has 1 aromatic heterocycles. The SMILES string of the molecule is CC(=O)NS(=O)(=O)c1ccc(NC(=O)CSc2nnc(N)s2)cc1. The number of carbonyl (C=O) groups is 2. The van der Waals surface area contributed by atoms with Crippen LogP contribution >= 0.6 is 23.1 Å². The Morgan fingerprint density at radius 2 is 1.92 bits per heavy atom. The molecule has 0 spiro atoms. The largest absolute Gasteiger partial charge is 0.374 e. The number of aromatic nitrogens is 2. The number of hydrogen-bond acceptors (Lipinski definition) is 9. The number of hydrogen-bond donors (Lipinski definition) is 3. The molecule has 0 saturated carbocycles. The van der Waals surface area contributed by atoms with E-state index in [1.165, 1.54) is 47.4 Å². The van der Waals surface area contributed by atoms with Crippen molar-refractivity contribution in [2.45, 2.75) is 16.2 Å². The zero-order chi connectivity index (χ0) is 17.7. The Hall–Kier alpha value is -2.18. The topological polar surface area (TPSA) is 144 Å². The van der Waals surface area contributed by atoms with Gasteiger partial charge in [-0.15, -0.1) is 10.2 Å². The summed E-state index contributed by atoms with van der Waals surface area (Å²) in [4.78, 5) is 22.6. The highest BCUT2D eigenvalue weighted by Gasteiger charge is 2.15. The molecule has 0 unspecified atom stereocenters. The van der Waals surface area contributed by atoms with Gasteiger partial charge < -0.3 is 11.1 Å². The van der Waals surface area contributed by atoms with E-state index in [0.29, 0.717) is 15.2 Å². The summed E-state index contributed by atoms with van der Waals surface area (Å²) in [6, 6.07) is 5.44. The molecule has 0 aliphatic heterocycles. The van der Waals surface area contributed by atoms with Crippen molar-refractivity contribution in [3.63, 3.8) is 0 Å². The first-order valence-electron chi connectivity index (χ1n) is 6.41. The van der Waals surface area contributed by atoms with Crippen LogP contribution in [0.2, 0.25) is 0 Å². The first kappa shape index (κ1) is 18.2. The molecular weight excluding hydrogens is 374 g/mol. The maximum atomic E-state index is 11.8. The van der Waals surface area contributed by atoms with E-state index < -0.39 is 15.9 Å². The van der Waals surface area contributed by atoms with Crippen LogP contribution in [0.3, 0.4) is 0 Å². The summed E-state index contributed by atoms with van der Waals surface area (Å²) in [5.41, 5.74) is 5.87. The third kappa shape index (κ3) is 5.18. The van der Waals surface area contributed by atoms with Crippen LogP contribution in [0.4, 0.5) is 10.8 Å². The number of nitrogens with two attached hydrogens (primary N) is 1. The number of anilines is 2. The normalized spacial score (nSPS) is 11.0. The summed E-state index contributed by atoms with van der Waals surface area (Å²) >= 11 is 2.38. The Labute approximate surface area is 146 Å². The second-order valence-corrected chi connectivity index (χ2v) is 8.34. The van der Waals surface area contributed by atoms with E-state index in [2.05, 4.69) is 15.5 Å². The molecule has 0 atom stereocenters. The summed E-state index contributed by atoms with van der Waals surface area (Å²) in [6.07, 6.45) is 0. The van der Waals surface area contributed by atoms with Gasteiger partial charge >= 0.3 is 0 Å². The third-order valence-electron chi connectivity index (χ3n) is 2.48. The van der Waals surface area contributed by atoms with Gasteiger partial charge in [0, 0.05) is 12.6 Å². The van der Waals surface area contributed by atoms with E-state index >= 15 is 0 Å². The molecule has 9 nitrogen and oxygen atoms in total. The molecule has 2 rings (SSSR count). The van der Waals surface area contributed by atoms with Crippen molar-refractivity contribution >= 4 is 55.8 Å². The predicted molar refractivity (Wildman–Crippen MR) is 91.1 cm³/mol. The minimum absolute atomic E-state index is 0.0746. The van der Waals surface area contributed by atoms with Crippen LogP contribution in [0.1, 0.15) is 6.92 Å². The Kier molecular flexibility index (Phi) is 5.75. The highest BCUT2D eigenvalue weighted by atomic mass is 32.2. The number of thioether (sulfide) groups is 1. The van der Waals surface area contributed by atoms with Crippen molar-refractivity contribution < 1.29 is 18.0 Å². The van der Waals surface area contributed by atoms with Crippen LogP contribution in [0, 0.1) is 0 Å². The number of rotatable bonds is 6. The van der Waals surface area contributed by atoms with Gasteiger partial charge in [0.25, 0.3) is 10.0 Å². The number of sulfonamides is 1. The van der Waals surface area contributed by atoms with Gasteiger partial charge in [-0.2, -0.15) is 0 Å². The standard InChI is InChI=1S/C12H13N5O4S3/c1-7(18)17-24(20,21)9-4-2-8(3-5-9)14-10(19)6-22-12-16-15-11(13)23-12/h2-5H,6H2,1H3,(H2,13,15)(H,14,19)(H,17,18). The minimum Gasteiger partial charge on any atom is -0.374 e. The van der Waals surface area contributed by atoms with Crippen molar-refractivity contribution in [2.24, 2.45) is 0 Å². The van der Waals surface area contributed by atoms with Crippen LogP contribution in [0.25, 0.3) is 0 Å². The second kappa shape index (κ2) is 7.59. The zero-order valence-corrected chi connectivity index (χ0v) is 14.8. The maximum Gasteiger partial charge on any atom is 0.264 e. The van der Waals surface area contributed by atoms with Crippen molar-refractivity contribution in [1.29, 1.82) is 0 Å². The lowest BCUT2D eigenvalue weighted by Gasteiger charge is -2.07. The van der Waals surface area contributed by atoms with Gasteiger partial charge in [0.05, 0.1) is 10.6 Å². The van der Waals surface area contributed by atoms with Crippen LogP contribution in [-0.4, -0.2) is 36.2 Å². The number of benzene rings is 1. The summed E-state index contributed by atoms with van der Waals surface area (Å²) < 4.78 is 26.0. The summed E-state index contributed by atoms with van der Waals surface area (Å²) in [7, 11) is -3.89. The van der Waals surface area contributed by atoms with E-state index in [0.717, 1.165) is 6.92 Å². The molecule has 128 valence electrons. The molecule has 12 heteroatoms. The highest BCUT2D eigenvalue weighted by Crippen LogP contribution is 2.23. The van der Waals surface area contributed by atoms with Crippen molar-refractivity contribution in [3.05, 3.63) is 24.3 Å². The lowest BCUT2D eigenvalue weighted by Crippen LogP contribution is -2.28. The number of nitrogens with one attached hydrogen (secondary N) is 2. The molecule has 2 aromatic rings. The van der Waals surface area contributed by atoms with Gasteiger partial charge in [0.15, 0.2) is 4.34 Å². The van der Waals surface area contributed by atoms with Gasteiger partial charge in [0.2, 0.25) is 16.9 Å². The molecule has 0 radical (unpaired) electrons. The molecular formula is C12H13N5O4S3. The van der Waals surface area contributed by atoms with Gasteiger partial charge in [0.1, 0.15) is 0 Å². The fourth-order valence-electron chi connectivity index (χ4n) is 1.57. The van der Waals surface area contributed by atoms with E-state index in [1.807, 2.05) is 4.72 Å². The summed E-state index contributed by atoms with van der Waals surface area (Å²) in [6.45, 7) is 1.11. The number of carbonyl (C=O) groups excluding carboxylic acids is 2. The lowest BCUT2D eigenvalue weighted by atomic mass is 10.3. The molecule has 1 heterocycles. The minimum atomic E-state index is -3.89. The van der Waals surface area contributed by atoms with Gasteiger partial charge in [-0.3, -0.25) is 9.59 Å². The van der Waals surface area contributed by atoms with Gasteiger partial charge in [-0.1, -0.05) is 23.1 Å². The van der Waals surface area contributed by atoms with Gasteiger partial charge in [-0.25, -0.2) is 13.1 Å². The average molecular weight is 387 g/mol. The Bertz CT molecular complexity index is 848. The third-order valence-corrected chi connectivity index (χ3v) is 5.81. The van der Waals surface area contributed by atoms with E-state index in [4.69, 9.17) is 5.73 Å². The monoisotopic (exact) mass is 387 g/mol. The molecule has 0 aliphatic carbocycles. The molecule has 24 heavy (non-hydrogen) atoms. The zero-order valence-electron chi connectivity index (χ0n) is 12.3. The van der Waals surface area contributed by atoms with Crippen LogP contribution in [0.15, 0.2) is 33.5 Å². The molecule has 0 saturated heterocycles. The fourth-order valence-corrected chi connectivity index (χ4v) is 4.00. The summed E-state index contributed by atoms with van der Waals surface area (Å²) in [5, 5.41) is 10.4. The number of nitrogens with zero attached hydrogens (tertiary/aromatic N) is 2. The molecule has 4 N–H and O–H groups in total. The summed E-state index contributed by atoms with van der Waals surface area (Å²) in [5.74, 6) is -0.853. The van der Waals surface area contributed by atoms with Crippen LogP contribution in [-0.2, 0) is 19.6 Å². The van der Waals surface area contributed by atoms with E-state index in [9.17, 15) is 18.0 Å². The van der Waals surface area contributed by atoms with E-state index in [-0.39, 0.29) is 16.6 Å². The molecule has 0 aliphatic rings. The number of amides is 2. The molecule has 0 bridgehead atoms. The van der Waals surface area contributed by atoms with Crippen molar-refractivity contribution in [3.8, 4) is 0 Å². The highest BCUT2D eigenvalue weighted by molar-refractivity contribution is 8.01. The molecule has 1 aromatic carbocycles. The first-order chi connectivity index (χ1) is 11.3. The first-order valence-corrected chi connectivity index (χ1v) is 9.70. The van der Waals surface area contributed by atoms with Crippen LogP contribution < -0.4 is 15.8 Å². The van der Waals surface area contributed by atoms with Gasteiger partial charge in [-0.05, 0) is 24.3 Å². The maximum absolute atomic E-state index is 11.8. The molecule has 2 amide bonds. The quantitative estimate of drug-likeness (QED) is 0.614. The van der Waals surface area contributed by atoms with Crippen molar-refractivity contribution in [1.82, 2.24) is 14.9 Å². The Morgan fingerprint density at radius 1 is 1.25 bits per heavy atom. The lowest BCUT2D eigenvalue weighted by molar-refractivity contribution is -0.117. The number of nitrogen functional groups attached to an aromatic ring is 1. The van der Waals surface area contributed by atoms with Crippen molar-refractivity contribution in [2.75, 3.05) is 16.8 Å². The van der Waals surface area contributed by atoms with Crippen LogP contribution in [0.5, 0.6) is 0 Å². The smallest absolute Gasteiger partial charge is 0.264 e. The molecule has 0 fully saturated rings. The fraction of sp³-hybridized carbons (Fsp3) is 0.167. The second-order valence-electron chi connectivity index (χ2n) is 4.43. The average Bonchev–Trinajstić information content (AvgIpc) is 2.90. The Morgan fingerprint density at radius 3 is 2.46 bits per heavy atom. The Balaban J connectivity index is 1.93. The predicted octanol–water partition coefficient (Wildman–Crippen LogP) is 0.676.